The third-order valence-electron chi connectivity index (χ3n) is 5.48. The molecular formula is C26H23ClN2O6. The number of aliphatic hydroxyl groups is 1. The Kier molecular flexibility index (Phi) is 6.93. The highest BCUT2D eigenvalue weighted by atomic mass is 35.5. The quantitative estimate of drug-likeness (QED) is 0.274. The van der Waals surface area contributed by atoms with Gasteiger partial charge >= 0.3 is 0 Å². The number of aromatic hydroxyl groups is 1. The van der Waals surface area contributed by atoms with Gasteiger partial charge in [0.2, 0.25) is 0 Å². The fourth-order valence-electron chi connectivity index (χ4n) is 4.01. The maximum Gasteiger partial charge on any atom is 0.300 e. The molecule has 1 amide bonds. The summed E-state index contributed by atoms with van der Waals surface area (Å²) in [6, 6.07) is 11.2. The number of phenolic OH excluding ortho intramolecular Hbond substituents is 1. The average molecular weight is 495 g/mol. The summed E-state index contributed by atoms with van der Waals surface area (Å²) in [6.45, 7) is 4.37. The zero-order valence-electron chi connectivity index (χ0n) is 19.1. The van der Waals surface area contributed by atoms with Gasteiger partial charge in [-0.3, -0.25) is 19.5 Å². The van der Waals surface area contributed by atoms with Crippen molar-refractivity contribution in [3.05, 3.63) is 82.6 Å². The van der Waals surface area contributed by atoms with Gasteiger partial charge in [0.05, 0.1) is 36.1 Å². The first-order valence-electron chi connectivity index (χ1n) is 11.0. The molecule has 1 aromatic heterocycles. The maximum absolute atomic E-state index is 13.3. The van der Waals surface area contributed by atoms with Crippen molar-refractivity contribution in [2.45, 2.75) is 19.9 Å². The molecule has 2 N–H and O–H groups in total. The molecule has 1 aliphatic heterocycles. The minimum atomic E-state index is -1.05. The first-order chi connectivity index (χ1) is 16.9. The van der Waals surface area contributed by atoms with E-state index in [1.54, 1.807) is 37.3 Å². The maximum atomic E-state index is 13.3. The molecule has 4 rings (SSSR count). The van der Waals surface area contributed by atoms with E-state index in [1.807, 2.05) is 6.92 Å². The number of benzene rings is 2. The van der Waals surface area contributed by atoms with Gasteiger partial charge < -0.3 is 19.7 Å². The lowest BCUT2D eigenvalue weighted by Crippen LogP contribution is -2.29. The monoisotopic (exact) mass is 494 g/mol. The Morgan fingerprint density at radius 2 is 1.74 bits per heavy atom. The summed E-state index contributed by atoms with van der Waals surface area (Å²) >= 11 is 6.13. The van der Waals surface area contributed by atoms with Crippen molar-refractivity contribution in [3.8, 4) is 17.2 Å². The first kappa shape index (κ1) is 24.1. The highest BCUT2D eigenvalue weighted by Crippen LogP contribution is 2.46. The van der Waals surface area contributed by atoms with Crippen molar-refractivity contribution < 1.29 is 29.3 Å². The van der Waals surface area contributed by atoms with Crippen molar-refractivity contribution >= 4 is 34.7 Å². The lowest BCUT2D eigenvalue weighted by atomic mass is 9.95. The summed E-state index contributed by atoms with van der Waals surface area (Å²) in [4.78, 5) is 31.7. The van der Waals surface area contributed by atoms with E-state index in [4.69, 9.17) is 21.1 Å². The van der Waals surface area contributed by atoms with Crippen molar-refractivity contribution in [1.29, 1.82) is 0 Å². The van der Waals surface area contributed by atoms with Crippen LogP contribution in [0.5, 0.6) is 17.2 Å². The summed E-state index contributed by atoms with van der Waals surface area (Å²) in [6.07, 6.45) is 3.02. The number of aliphatic hydroxyl groups excluding tert-OH is 1. The van der Waals surface area contributed by atoms with Crippen LogP contribution >= 0.6 is 11.6 Å². The topological polar surface area (TPSA) is 109 Å². The number of hydrogen-bond donors (Lipinski definition) is 2. The fourth-order valence-corrected chi connectivity index (χ4v) is 4.17. The van der Waals surface area contributed by atoms with E-state index < -0.39 is 23.5 Å². The second-order valence-corrected chi connectivity index (χ2v) is 8.04. The number of anilines is 1. The van der Waals surface area contributed by atoms with Crippen LogP contribution in [0.1, 0.15) is 31.0 Å². The fraction of sp³-hybridized carbons (Fsp3) is 0.192. The zero-order chi connectivity index (χ0) is 25.1. The second kappa shape index (κ2) is 10.1. The molecule has 9 heteroatoms. The number of rotatable bonds is 7. The van der Waals surface area contributed by atoms with Crippen LogP contribution in [-0.2, 0) is 9.59 Å². The largest absolute Gasteiger partial charge is 0.507 e. The van der Waals surface area contributed by atoms with E-state index in [9.17, 15) is 19.8 Å². The highest BCUT2D eigenvalue weighted by molar-refractivity contribution is 6.52. The van der Waals surface area contributed by atoms with Gasteiger partial charge in [-0.2, -0.15) is 0 Å². The number of nitrogens with zero attached hydrogens (tertiary/aromatic N) is 2. The molecule has 1 aliphatic rings. The smallest absolute Gasteiger partial charge is 0.300 e. The lowest BCUT2D eigenvalue weighted by Gasteiger charge is -2.26. The molecule has 2 heterocycles. The van der Waals surface area contributed by atoms with Gasteiger partial charge in [0.15, 0.2) is 0 Å². The number of carbonyl (C=O) groups excluding carboxylic acids is 2. The third-order valence-corrected chi connectivity index (χ3v) is 5.72. The molecule has 8 nitrogen and oxygen atoms in total. The van der Waals surface area contributed by atoms with Crippen LogP contribution in [0.2, 0.25) is 5.02 Å². The summed E-state index contributed by atoms with van der Waals surface area (Å²) < 4.78 is 11.2. The number of ether oxygens (including phenoxy) is 2. The van der Waals surface area contributed by atoms with Crippen LogP contribution in [0.4, 0.5) is 5.69 Å². The number of halogens is 1. The number of pyridine rings is 1. The molecule has 3 aromatic rings. The van der Waals surface area contributed by atoms with Crippen LogP contribution in [0, 0.1) is 0 Å². The molecule has 1 fully saturated rings. The SMILES string of the molecule is CCOc1ccc(/C(O)=C2/C(=O)C(=O)N(c3cc(Cl)ccc3O)C2c2ccncc2)c(OCC)c1. The summed E-state index contributed by atoms with van der Waals surface area (Å²) in [7, 11) is 0. The number of hydrogen-bond acceptors (Lipinski definition) is 7. The normalized spacial score (nSPS) is 17.0. The molecular weight excluding hydrogens is 472 g/mol. The Morgan fingerprint density at radius 1 is 1.03 bits per heavy atom. The van der Waals surface area contributed by atoms with Crippen molar-refractivity contribution in [1.82, 2.24) is 4.98 Å². The summed E-state index contributed by atoms with van der Waals surface area (Å²) in [5.74, 6) is -1.68. The van der Waals surface area contributed by atoms with Crippen LogP contribution in [0.15, 0.2) is 66.5 Å². The number of phenols is 1. The minimum absolute atomic E-state index is 0.0391. The predicted molar refractivity (Wildman–Crippen MR) is 131 cm³/mol. The Morgan fingerprint density at radius 3 is 2.43 bits per heavy atom. The first-order valence-corrected chi connectivity index (χ1v) is 11.3. The molecule has 0 spiro atoms. The van der Waals surface area contributed by atoms with Crippen LogP contribution in [0.3, 0.4) is 0 Å². The molecule has 0 bridgehead atoms. The summed E-state index contributed by atoms with van der Waals surface area (Å²) in [5.41, 5.74) is 0.606. The van der Waals surface area contributed by atoms with Crippen molar-refractivity contribution in [2.24, 2.45) is 0 Å². The molecule has 2 aromatic carbocycles. The highest BCUT2D eigenvalue weighted by Gasteiger charge is 2.48. The van der Waals surface area contributed by atoms with Gasteiger partial charge in [0, 0.05) is 23.5 Å². The van der Waals surface area contributed by atoms with E-state index in [0.29, 0.717) is 30.3 Å². The van der Waals surface area contributed by atoms with Gasteiger partial charge in [-0.05, 0) is 61.9 Å². The number of carbonyl (C=O) groups is 2. The van der Waals surface area contributed by atoms with Gasteiger partial charge in [0.25, 0.3) is 11.7 Å². The molecule has 1 unspecified atom stereocenters. The van der Waals surface area contributed by atoms with E-state index >= 15 is 0 Å². The molecule has 35 heavy (non-hydrogen) atoms. The summed E-state index contributed by atoms with van der Waals surface area (Å²) in [5, 5.41) is 22.2. The van der Waals surface area contributed by atoms with Crippen LogP contribution in [-0.4, -0.2) is 40.1 Å². The number of aromatic nitrogens is 1. The third kappa shape index (κ3) is 4.52. The molecule has 1 atom stereocenters. The standard InChI is InChI=1S/C26H23ClN2O6/c1-3-34-17-6-7-18(21(14-17)35-4-2)24(31)22-23(15-9-11-28-12-10-15)29(26(33)25(22)32)19-13-16(27)5-8-20(19)30/h5-14,23,30-31H,3-4H2,1-2H3/b24-22-. The van der Waals surface area contributed by atoms with Gasteiger partial charge in [0.1, 0.15) is 23.0 Å². The van der Waals surface area contributed by atoms with E-state index in [2.05, 4.69) is 4.98 Å². The molecule has 0 radical (unpaired) electrons. The minimum Gasteiger partial charge on any atom is -0.507 e. The van der Waals surface area contributed by atoms with E-state index in [-0.39, 0.29) is 27.6 Å². The van der Waals surface area contributed by atoms with E-state index in [1.165, 1.54) is 30.6 Å². The average Bonchev–Trinajstić information content (AvgIpc) is 3.12. The predicted octanol–water partition coefficient (Wildman–Crippen LogP) is 4.86. The van der Waals surface area contributed by atoms with Gasteiger partial charge in [-0.15, -0.1) is 0 Å². The number of ketones is 1. The Balaban J connectivity index is 1.96. The number of Topliss-reactive ketones (excluding diaryl/α,β-unsaturated/α-hetero) is 1. The Labute approximate surface area is 207 Å². The second-order valence-electron chi connectivity index (χ2n) is 7.61. The Hall–Kier alpha value is -4.04. The molecule has 180 valence electrons. The molecule has 0 saturated carbocycles. The van der Waals surface area contributed by atoms with Crippen molar-refractivity contribution in [2.75, 3.05) is 18.1 Å². The Bertz CT molecular complexity index is 1310. The van der Waals surface area contributed by atoms with E-state index in [0.717, 1.165) is 4.90 Å². The van der Waals surface area contributed by atoms with Crippen molar-refractivity contribution in [3.63, 3.8) is 0 Å². The number of amides is 1. The zero-order valence-corrected chi connectivity index (χ0v) is 19.8. The molecule has 0 aliphatic carbocycles. The lowest BCUT2D eigenvalue weighted by molar-refractivity contribution is -0.132. The van der Waals surface area contributed by atoms with Crippen LogP contribution < -0.4 is 14.4 Å². The molecule has 1 saturated heterocycles. The van der Waals surface area contributed by atoms with Crippen LogP contribution in [0.25, 0.3) is 5.76 Å². The van der Waals surface area contributed by atoms with Gasteiger partial charge in [-0.25, -0.2) is 0 Å². The van der Waals surface area contributed by atoms with Gasteiger partial charge in [-0.1, -0.05) is 11.6 Å².